The highest BCUT2D eigenvalue weighted by Gasteiger charge is 2.46. The van der Waals surface area contributed by atoms with Crippen LogP contribution < -0.4 is 4.74 Å². The van der Waals surface area contributed by atoms with Crippen molar-refractivity contribution >= 4 is 6.16 Å². The highest BCUT2D eigenvalue weighted by atomic mass is 16.7. The van der Waals surface area contributed by atoms with Crippen molar-refractivity contribution in [3.8, 4) is 5.75 Å². The van der Waals surface area contributed by atoms with Gasteiger partial charge in [-0.2, -0.15) is 0 Å². The molecule has 10 heteroatoms. The van der Waals surface area contributed by atoms with E-state index in [9.17, 15) is 20.1 Å². The van der Waals surface area contributed by atoms with Crippen molar-refractivity contribution in [2.45, 2.75) is 83.7 Å². The first-order valence-electron chi connectivity index (χ1n) is 13.7. The lowest BCUT2D eigenvalue weighted by molar-refractivity contribution is -0.278. The maximum absolute atomic E-state index is 11.9. The van der Waals surface area contributed by atoms with Gasteiger partial charge in [0.05, 0.1) is 19.3 Å². The van der Waals surface area contributed by atoms with Gasteiger partial charge in [-0.3, -0.25) is 0 Å². The number of nitrogens with zero attached hydrogens (tertiary/aromatic N) is 1. The zero-order chi connectivity index (χ0) is 28.1. The van der Waals surface area contributed by atoms with Gasteiger partial charge in [0.1, 0.15) is 36.8 Å². The minimum absolute atomic E-state index is 0.133. The number of aliphatic hydroxyl groups is 3. The number of ether oxygens (including phenoxy) is 5. The molecule has 0 amide bonds. The summed E-state index contributed by atoms with van der Waals surface area (Å²) in [6.45, 7) is 9.01. The molecule has 0 aliphatic carbocycles. The van der Waals surface area contributed by atoms with E-state index >= 15 is 0 Å². The van der Waals surface area contributed by atoms with Gasteiger partial charge in [0.15, 0.2) is 0 Å². The Morgan fingerprint density at radius 2 is 1.79 bits per heavy atom. The summed E-state index contributed by atoms with van der Waals surface area (Å²) in [7, 11) is 0. The molecule has 2 aliphatic heterocycles. The molecule has 1 aromatic carbocycles. The molecule has 0 spiro atoms. The van der Waals surface area contributed by atoms with Crippen molar-refractivity contribution in [2.75, 3.05) is 26.4 Å². The van der Waals surface area contributed by atoms with Crippen LogP contribution in [0.3, 0.4) is 0 Å². The van der Waals surface area contributed by atoms with E-state index in [1.807, 2.05) is 27.0 Å². The number of aliphatic hydroxyl groups excluding tert-OH is 3. The highest BCUT2D eigenvalue weighted by molar-refractivity contribution is 5.59. The van der Waals surface area contributed by atoms with E-state index in [4.69, 9.17) is 23.7 Å². The molecular weight excluding hydrogens is 506 g/mol. The summed E-state index contributed by atoms with van der Waals surface area (Å²) in [4.78, 5) is 11.9. The zero-order valence-corrected chi connectivity index (χ0v) is 23.1. The van der Waals surface area contributed by atoms with Crippen molar-refractivity contribution in [2.24, 2.45) is 5.92 Å². The number of rotatable bonds is 10. The standard InChI is InChI=1S/C29H41NO9/c1-5-19-6-8-20(9-7-19)12-22-18(4)30(21-10-11-35-15-21)13-23(22)38-28-27(33)26(32)25(31)24(39-28)16-37-29(34)36-14-17(2)3/h6-9,13,17,21,24-28,31-33H,5,10-12,14-16H2,1-4H3/t21?,24-,25-,26+,27-,28-/m1/s1. The SMILES string of the molecule is CCc1ccc(Cc2c(O[C@@H]3O[C@H](COC(=O)OCC(C)C)[C@@H](O)[C@H](O)[C@H]3O)cn(C3CCOC3)c2C)cc1. The quantitative estimate of drug-likeness (QED) is 0.385. The molecular formula is C29H41NO9. The maximum atomic E-state index is 11.9. The average Bonchev–Trinajstić information content (AvgIpc) is 3.56. The number of hydrogen-bond acceptors (Lipinski definition) is 9. The van der Waals surface area contributed by atoms with Crippen LogP contribution in [0.4, 0.5) is 4.79 Å². The predicted molar refractivity (Wildman–Crippen MR) is 142 cm³/mol. The number of carbonyl (C=O) groups is 1. The van der Waals surface area contributed by atoms with Gasteiger partial charge in [-0.05, 0) is 36.8 Å². The third-order valence-electron chi connectivity index (χ3n) is 7.30. The minimum atomic E-state index is -1.57. The van der Waals surface area contributed by atoms with Crippen molar-refractivity contribution in [3.63, 3.8) is 0 Å². The smallest absolute Gasteiger partial charge is 0.460 e. The summed E-state index contributed by atoms with van der Waals surface area (Å²) in [6, 6.07) is 8.56. The molecule has 4 rings (SSSR count). The largest absolute Gasteiger partial charge is 0.508 e. The monoisotopic (exact) mass is 547 g/mol. The third-order valence-corrected chi connectivity index (χ3v) is 7.30. The molecule has 3 N–H and O–H groups in total. The minimum Gasteiger partial charge on any atom is -0.460 e. The van der Waals surface area contributed by atoms with Gasteiger partial charge in [-0.15, -0.1) is 0 Å². The van der Waals surface area contributed by atoms with Crippen molar-refractivity contribution < 1.29 is 43.8 Å². The van der Waals surface area contributed by atoms with Crippen LogP contribution >= 0.6 is 0 Å². The fraction of sp³-hybridized carbons (Fsp3) is 0.621. The van der Waals surface area contributed by atoms with Crippen LogP contribution in [0.1, 0.15) is 55.6 Å². The molecule has 2 aliphatic rings. The first kappa shape index (κ1) is 29.4. The number of aromatic nitrogens is 1. The lowest BCUT2D eigenvalue weighted by Crippen LogP contribution is -2.60. The molecule has 2 saturated heterocycles. The molecule has 2 fully saturated rings. The molecule has 0 saturated carbocycles. The maximum Gasteiger partial charge on any atom is 0.508 e. The van der Waals surface area contributed by atoms with Gasteiger partial charge in [0.25, 0.3) is 0 Å². The van der Waals surface area contributed by atoms with Crippen LogP contribution in [0.5, 0.6) is 5.75 Å². The molecule has 0 bridgehead atoms. The topological polar surface area (TPSA) is 129 Å². The van der Waals surface area contributed by atoms with Gasteiger partial charge in [-0.25, -0.2) is 4.79 Å². The van der Waals surface area contributed by atoms with E-state index in [2.05, 4.69) is 35.8 Å². The van der Waals surface area contributed by atoms with Crippen molar-refractivity contribution in [1.82, 2.24) is 4.57 Å². The van der Waals surface area contributed by atoms with Crippen LogP contribution in [-0.2, 0) is 31.8 Å². The molecule has 1 unspecified atom stereocenters. The van der Waals surface area contributed by atoms with E-state index in [0.29, 0.717) is 25.4 Å². The van der Waals surface area contributed by atoms with E-state index < -0.39 is 36.9 Å². The summed E-state index contributed by atoms with van der Waals surface area (Å²) >= 11 is 0. The first-order chi connectivity index (χ1) is 18.7. The lowest BCUT2D eigenvalue weighted by Gasteiger charge is -2.39. The van der Waals surface area contributed by atoms with Gasteiger partial charge >= 0.3 is 6.16 Å². The second-order valence-electron chi connectivity index (χ2n) is 10.7. The normalized spacial score (nSPS) is 27.1. The summed E-state index contributed by atoms with van der Waals surface area (Å²) in [5.74, 6) is 0.636. The second kappa shape index (κ2) is 13.1. The number of benzene rings is 1. The fourth-order valence-electron chi connectivity index (χ4n) is 4.87. The van der Waals surface area contributed by atoms with E-state index in [0.717, 1.165) is 29.7 Å². The second-order valence-corrected chi connectivity index (χ2v) is 10.7. The molecule has 2 aromatic rings. The molecule has 0 radical (unpaired) electrons. The van der Waals surface area contributed by atoms with Crippen LogP contribution in [0.15, 0.2) is 30.5 Å². The van der Waals surface area contributed by atoms with Gasteiger partial charge in [-0.1, -0.05) is 45.0 Å². The summed E-state index contributed by atoms with van der Waals surface area (Å²) < 4.78 is 29.8. The zero-order valence-electron chi connectivity index (χ0n) is 23.1. The first-order valence-corrected chi connectivity index (χ1v) is 13.7. The molecule has 39 heavy (non-hydrogen) atoms. The van der Waals surface area contributed by atoms with Crippen LogP contribution in [0.25, 0.3) is 0 Å². The van der Waals surface area contributed by atoms with Crippen LogP contribution in [-0.4, -0.2) is 83.2 Å². The molecule has 216 valence electrons. The van der Waals surface area contributed by atoms with Crippen LogP contribution in [0, 0.1) is 12.8 Å². The lowest BCUT2D eigenvalue weighted by atomic mass is 9.99. The Hall–Kier alpha value is -2.63. The van der Waals surface area contributed by atoms with E-state index in [1.54, 1.807) is 0 Å². The Kier molecular flexibility index (Phi) is 9.90. The Morgan fingerprint density at radius 3 is 2.44 bits per heavy atom. The fourth-order valence-corrected chi connectivity index (χ4v) is 4.87. The predicted octanol–water partition coefficient (Wildman–Crippen LogP) is 2.91. The number of carbonyl (C=O) groups excluding carboxylic acids is 1. The molecule has 1 aromatic heterocycles. The summed E-state index contributed by atoms with van der Waals surface area (Å²) in [5.41, 5.74) is 4.29. The number of aryl methyl sites for hydroxylation is 1. The Labute approximate surface area is 229 Å². The van der Waals surface area contributed by atoms with Gasteiger partial charge in [0, 0.05) is 30.5 Å². The molecule has 3 heterocycles. The van der Waals surface area contributed by atoms with E-state index in [1.165, 1.54) is 5.56 Å². The van der Waals surface area contributed by atoms with Gasteiger partial charge in [0.2, 0.25) is 6.29 Å². The summed E-state index contributed by atoms with van der Waals surface area (Å²) in [6.07, 6.45) is -3.62. The third kappa shape index (κ3) is 7.12. The highest BCUT2D eigenvalue weighted by Crippen LogP contribution is 2.35. The van der Waals surface area contributed by atoms with E-state index in [-0.39, 0.29) is 25.2 Å². The Bertz CT molecular complexity index is 1080. The van der Waals surface area contributed by atoms with Crippen molar-refractivity contribution in [1.29, 1.82) is 0 Å². The van der Waals surface area contributed by atoms with Gasteiger partial charge < -0.3 is 43.6 Å². The summed E-state index contributed by atoms with van der Waals surface area (Å²) in [5, 5.41) is 31.7. The Balaban J connectivity index is 1.53. The number of hydrogen-bond donors (Lipinski definition) is 3. The molecule has 6 atom stereocenters. The molecule has 10 nitrogen and oxygen atoms in total. The average molecular weight is 548 g/mol. The van der Waals surface area contributed by atoms with Crippen LogP contribution in [0.2, 0.25) is 0 Å². The van der Waals surface area contributed by atoms with Crippen molar-refractivity contribution in [3.05, 3.63) is 52.8 Å². The Morgan fingerprint density at radius 1 is 1.08 bits per heavy atom.